The van der Waals surface area contributed by atoms with Gasteiger partial charge in [-0.05, 0) is 19.1 Å². The second-order valence-electron chi connectivity index (χ2n) is 6.39. The summed E-state index contributed by atoms with van der Waals surface area (Å²) in [6, 6.07) is 14.6. The van der Waals surface area contributed by atoms with Gasteiger partial charge < -0.3 is 18.9 Å². The number of hydrogen-bond acceptors (Lipinski definition) is 6. The van der Waals surface area contributed by atoms with Crippen LogP contribution in [0.1, 0.15) is 21.6 Å². The molecule has 1 aromatic heterocycles. The van der Waals surface area contributed by atoms with Crippen molar-refractivity contribution in [2.45, 2.75) is 6.92 Å². The Hall–Kier alpha value is -3.54. The van der Waals surface area contributed by atoms with E-state index in [0.717, 1.165) is 11.1 Å². The van der Waals surface area contributed by atoms with E-state index in [1.54, 1.807) is 31.4 Å². The van der Waals surface area contributed by atoms with Crippen LogP contribution in [0, 0.1) is 6.92 Å². The lowest BCUT2D eigenvalue weighted by atomic mass is 10.0. The van der Waals surface area contributed by atoms with Crippen molar-refractivity contribution in [2.75, 3.05) is 28.4 Å². The van der Waals surface area contributed by atoms with Crippen molar-refractivity contribution in [2.24, 2.45) is 0 Å². The number of benzene rings is 2. The Morgan fingerprint density at radius 1 is 0.793 bits per heavy atom. The normalized spacial score (nSPS) is 10.4. The number of carbonyl (C=O) groups is 1. The van der Waals surface area contributed by atoms with Gasteiger partial charge in [0.1, 0.15) is 11.4 Å². The Bertz CT molecular complexity index is 1000. The first kappa shape index (κ1) is 20.2. The summed E-state index contributed by atoms with van der Waals surface area (Å²) in [5, 5.41) is 0. The average Bonchev–Trinajstić information content (AvgIpc) is 2.77. The third-order valence-corrected chi connectivity index (χ3v) is 4.54. The van der Waals surface area contributed by atoms with Crippen LogP contribution in [-0.2, 0) is 0 Å². The summed E-state index contributed by atoms with van der Waals surface area (Å²) >= 11 is 0. The van der Waals surface area contributed by atoms with Crippen LogP contribution in [0.3, 0.4) is 0 Å². The van der Waals surface area contributed by atoms with Gasteiger partial charge in [-0.15, -0.1) is 0 Å². The van der Waals surface area contributed by atoms with Gasteiger partial charge in [0.15, 0.2) is 11.5 Å². The van der Waals surface area contributed by atoms with Crippen molar-refractivity contribution >= 4 is 5.78 Å². The van der Waals surface area contributed by atoms with Crippen molar-refractivity contribution in [3.63, 3.8) is 0 Å². The summed E-state index contributed by atoms with van der Waals surface area (Å²) < 4.78 is 21.4. The topological polar surface area (TPSA) is 66.9 Å². The molecule has 150 valence electrons. The van der Waals surface area contributed by atoms with E-state index < -0.39 is 0 Å². The number of rotatable bonds is 7. The number of methoxy groups -OCH3 is 4. The first-order valence-corrected chi connectivity index (χ1v) is 8.98. The molecule has 0 spiro atoms. The van der Waals surface area contributed by atoms with Gasteiger partial charge in [0, 0.05) is 23.3 Å². The van der Waals surface area contributed by atoms with Crippen molar-refractivity contribution in [3.05, 3.63) is 65.4 Å². The van der Waals surface area contributed by atoms with Gasteiger partial charge in [0.2, 0.25) is 11.5 Å². The molecule has 2 aromatic carbocycles. The van der Waals surface area contributed by atoms with Crippen LogP contribution in [-0.4, -0.2) is 39.2 Å². The van der Waals surface area contributed by atoms with Gasteiger partial charge in [-0.1, -0.05) is 29.8 Å². The molecule has 0 aliphatic carbocycles. The van der Waals surface area contributed by atoms with Crippen LogP contribution in [0.15, 0.2) is 48.5 Å². The van der Waals surface area contributed by atoms with Crippen LogP contribution < -0.4 is 18.9 Å². The maximum Gasteiger partial charge on any atom is 0.211 e. The third kappa shape index (κ3) is 4.16. The van der Waals surface area contributed by atoms with Gasteiger partial charge in [0.25, 0.3) is 0 Å². The number of aryl methyl sites for hydroxylation is 1. The zero-order valence-corrected chi connectivity index (χ0v) is 17.1. The van der Waals surface area contributed by atoms with Crippen LogP contribution in [0.5, 0.6) is 23.0 Å². The molecule has 0 bridgehead atoms. The lowest BCUT2D eigenvalue weighted by molar-refractivity contribution is 0.103. The summed E-state index contributed by atoms with van der Waals surface area (Å²) in [4.78, 5) is 17.8. The zero-order chi connectivity index (χ0) is 21.0. The van der Waals surface area contributed by atoms with E-state index in [-0.39, 0.29) is 11.5 Å². The van der Waals surface area contributed by atoms with Gasteiger partial charge in [-0.3, -0.25) is 4.79 Å². The molecule has 3 rings (SSSR count). The summed E-state index contributed by atoms with van der Waals surface area (Å²) in [5.41, 5.74) is 3.32. The summed E-state index contributed by atoms with van der Waals surface area (Å²) in [6.07, 6.45) is 0. The molecule has 0 saturated carbocycles. The smallest absolute Gasteiger partial charge is 0.211 e. The fraction of sp³-hybridized carbons (Fsp3) is 0.217. The molecule has 6 heteroatoms. The Labute approximate surface area is 170 Å². The highest BCUT2D eigenvalue weighted by atomic mass is 16.5. The van der Waals surface area contributed by atoms with Crippen LogP contribution in [0.25, 0.3) is 11.3 Å². The van der Waals surface area contributed by atoms with E-state index >= 15 is 0 Å². The molecule has 0 saturated heterocycles. The number of nitrogens with zero attached hydrogens (tertiary/aromatic N) is 1. The molecule has 0 aliphatic rings. The summed E-state index contributed by atoms with van der Waals surface area (Å²) in [5.74, 6) is 1.49. The molecule has 1 heterocycles. The SMILES string of the molecule is COc1cc(C(=O)c2cc(OC)c(OC)c(OC)c2)nc(-c2ccc(C)cc2)c1. The van der Waals surface area contributed by atoms with E-state index in [0.29, 0.717) is 34.3 Å². The van der Waals surface area contributed by atoms with E-state index in [1.165, 1.54) is 21.3 Å². The van der Waals surface area contributed by atoms with Gasteiger partial charge in [-0.25, -0.2) is 4.98 Å². The quantitative estimate of drug-likeness (QED) is 0.557. The molecular formula is C23H23NO5. The first-order chi connectivity index (χ1) is 14.0. The summed E-state index contributed by atoms with van der Waals surface area (Å²) in [7, 11) is 6.08. The van der Waals surface area contributed by atoms with E-state index in [1.807, 2.05) is 31.2 Å². The second kappa shape index (κ2) is 8.65. The molecule has 0 aliphatic heterocycles. The molecule has 0 N–H and O–H groups in total. The van der Waals surface area contributed by atoms with E-state index in [4.69, 9.17) is 18.9 Å². The van der Waals surface area contributed by atoms with E-state index in [9.17, 15) is 4.79 Å². The molecule has 0 amide bonds. The third-order valence-electron chi connectivity index (χ3n) is 4.54. The first-order valence-electron chi connectivity index (χ1n) is 8.98. The van der Waals surface area contributed by atoms with Gasteiger partial charge >= 0.3 is 0 Å². The molecule has 6 nitrogen and oxygen atoms in total. The minimum Gasteiger partial charge on any atom is -0.497 e. The predicted molar refractivity (Wildman–Crippen MR) is 110 cm³/mol. The van der Waals surface area contributed by atoms with Crippen molar-refractivity contribution in [1.82, 2.24) is 4.98 Å². The second-order valence-corrected chi connectivity index (χ2v) is 6.39. The monoisotopic (exact) mass is 393 g/mol. The number of ether oxygens (including phenoxy) is 4. The van der Waals surface area contributed by atoms with Gasteiger partial charge in [-0.2, -0.15) is 0 Å². The zero-order valence-electron chi connectivity index (χ0n) is 17.1. The van der Waals surface area contributed by atoms with Crippen LogP contribution >= 0.6 is 0 Å². The molecule has 3 aromatic rings. The fourth-order valence-corrected chi connectivity index (χ4v) is 2.97. The van der Waals surface area contributed by atoms with E-state index in [2.05, 4.69) is 4.98 Å². The standard InChI is InChI=1S/C23H23NO5/c1-14-6-8-15(9-7-14)18-12-17(26-2)13-19(24-18)22(25)16-10-20(27-3)23(29-5)21(11-16)28-4/h6-13H,1-5H3. The highest BCUT2D eigenvalue weighted by Gasteiger charge is 2.20. The lowest BCUT2D eigenvalue weighted by Gasteiger charge is -2.14. The minimum absolute atomic E-state index is 0.259. The predicted octanol–water partition coefficient (Wildman–Crippen LogP) is 4.32. The maximum absolute atomic E-state index is 13.2. The van der Waals surface area contributed by atoms with Crippen LogP contribution in [0.2, 0.25) is 0 Å². The van der Waals surface area contributed by atoms with Crippen molar-refractivity contribution in [1.29, 1.82) is 0 Å². The number of hydrogen-bond donors (Lipinski definition) is 0. The molecule has 0 atom stereocenters. The molecular weight excluding hydrogens is 370 g/mol. The number of carbonyl (C=O) groups excluding carboxylic acids is 1. The largest absolute Gasteiger partial charge is 0.497 e. The van der Waals surface area contributed by atoms with Crippen molar-refractivity contribution in [3.8, 4) is 34.3 Å². The molecule has 29 heavy (non-hydrogen) atoms. The van der Waals surface area contributed by atoms with Crippen molar-refractivity contribution < 1.29 is 23.7 Å². The molecule has 0 radical (unpaired) electrons. The number of ketones is 1. The Morgan fingerprint density at radius 2 is 1.41 bits per heavy atom. The lowest BCUT2D eigenvalue weighted by Crippen LogP contribution is -2.07. The fourth-order valence-electron chi connectivity index (χ4n) is 2.97. The minimum atomic E-state index is -0.281. The molecule has 0 unspecified atom stereocenters. The van der Waals surface area contributed by atoms with Gasteiger partial charge in [0.05, 0.1) is 34.1 Å². The molecule has 0 fully saturated rings. The number of aromatic nitrogens is 1. The highest BCUT2D eigenvalue weighted by molar-refractivity contribution is 6.09. The van der Waals surface area contributed by atoms with Crippen LogP contribution in [0.4, 0.5) is 0 Å². The Kier molecular flexibility index (Phi) is 6.02. The summed E-state index contributed by atoms with van der Waals surface area (Å²) in [6.45, 7) is 2.02. The number of pyridine rings is 1. The average molecular weight is 393 g/mol. The highest BCUT2D eigenvalue weighted by Crippen LogP contribution is 2.38. The maximum atomic E-state index is 13.2. The Balaban J connectivity index is 2.09. The Morgan fingerprint density at radius 3 is 1.93 bits per heavy atom.